The molecule has 1 aliphatic heterocycles. The van der Waals surface area contributed by atoms with E-state index in [1.165, 1.54) is 11.9 Å². The normalized spacial score (nSPS) is 21.7. The molecule has 1 fully saturated rings. The van der Waals surface area contributed by atoms with Crippen LogP contribution in [0.2, 0.25) is 0 Å². The first kappa shape index (κ1) is 19.2. The van der Waals surface area contributed by atoms with Crippen LogP contribution in [0.5, 0.6) is 0 Å². The summed E-state index contributed by atoms with van der Waals surface area (Å²) in [6.07, 6.45) is 1.39. The molecule has 2 amide bonds. The maximum Gasteiger partial charge on any atom is 0.410 e. The number of ether oxygens (including phenoxy) is 1. The third kappa shape index (κ3) is 5.69. The highest BCUT2D eigenvalue weighted by atomic mass is 16.6. The Morgan fingerprint density at radius 3 is 2.57 bits per heavy atom. The Kier molecular flexibility index (Phi) is 6.35. The Labute approximate surface area is 136 Å². The summed E-state index contributed by atoms with van der Waals surface area (Å²) in [5.74, 6) is -0.136. The molecular weight excluding hydrogens is 302 g/mol. The van der Waals surface area contributed by atoms with Crippen LogP contribution in [-0.4, -0.2) is 53.1 Å². The first-order valence-electron chi connectivity index (χ1n) is 7.93. The van der Waals surface area contributed by atoms with E-state index in [-0.39, 0.29) is 30.2 Å². The lowest BCUT2D eigenvalue weighted by Crippen LogP contribution is -2.55. The molecule has 132 valence electrons. The summed E-state index contributed by atoms with van der Waals surface area (Å²) in [6, 6.07) is 0. The van der Waals surface area contributed by atoms with E-state index in [1.54, 1.807) is 20.8 Å². The van der Waals surface area contributed by atoms with E-state index >= 15 is 0 Å². The van der Waals surface area contributed by atoms with Gasteiger partial charge in [-0.05, 0) is 33.6 Å². The minimum Gasteiger partial charge on any atom is -0.444 e. The van der Waals surface area contributed by atoms with Crippen molar-refractivity contribution >= 4 is 12.0 Å². The lowest BCUT2D eigenvalue weighted by atomic mass is 9.85. The number of amides is 2. The van der Waals surface area contributed by atoms with Gasteiger partial charge in [0.25, 0.3) is 0 Å². The monoisotopic (exact) mass is 329 g/mol. The van der Waals surface area contributed by atoms with Gasteiger partial charge >= 0.3 is 6.09 Å². The van der Waals surface area contributed by atoms with E-state index in [9.17, 15) is 19.7 Å². The van der Waals surface area contributed by atoms with Crippen LogP contribution in [0.4, 0.5) is 4.79 Å². The molecule has 0 aromatic heterocycles. The lowest BCUT2D eigenvalue weighted by Gasteiger charge is -2.37. The van der Waals surface area contributed by atoms with Gasteiger partial charge in [0.15, 0.2) is 0 Å². The second kappa shape index (κ2) is 7.61. The second-order valence-corrected chi connectivity index (χ2v) is 7.01. The quantitative estimate of drug-likeness (QED) is 0.613. The number of hydrogen-bond donors (Lipinski definition) is 1. The van der Waals surface area contributed by atoms with Crippen LogP contribution in [0.25, 0.3) is 0 Å². The summed E-state index contributed by atoms with van der Waals surface area (Å²) in [4.78, 5) is 36.2. The van der Waals surface area contributed by atoms with Crippen molar-refractivity contribution in [3.63, 3.8) is 0 Å². The van der Waals surface area contributed by atoms with Gasteiger partial charge in [0.2, 0.25) is 11.4 Å². The fraction of sp³-hybridized carbons (Fsp3) is 0.867. The summed E-state index contributed by atoms with van der Waals surface area (Å²) in [6.45, 7) is 5.78. The summed E-state index contributed by atoms with van der Waals surface area (Å²) in [5.41, 5.74) is -1.83. The van der Waals surface area contributed by atoms with Crippen molar-refractivity contribution in [2.75, 3.05) is 20.1 Å². The summed E-state index contributed by atoms with van der Waals surface area (Å²) >= 11 is 0. The number of piperidine rings is 1. The maximum atomic E-state index is 12.2. The van der Waals surface area contributed by atoms with Gasteiger partial charge in [0.1, 0.15) is 5.60 Å². The molecule has 1 rings (SSSR count). The SMILES string of the molecule is CNC(=O)CCCC1([N+](=O)[O-])CCCN(C(=O)OC(C)(C)C)C1. The number of carbonyl (C=O) groups excluding carboxylic acids is 2. The van der Waals surface area contributed by atoms with Crippen LogP contribution in [0.3, 0.4) is 0 Å². The van der Waals surface area contributed by atoms with Gasteiger partial charge in [-0.25, -0.2) is 4.79 Å². The number of nitro groups is 1. The molecule has 0 radical (unpaired) electrons. The molecular formula is C15H27N3O5. The molecule has 0 aromatic carbocycles. The molecule has 8 nitrogen and oxygen atoms in total. The molecule has 8 heteroatoms. The Bertz CT molecular complexity index is 461. The molecule has 1 N–H and O–H groups in total. The standard InChI is InChI=1S/C15H27N3O5/c1-14(2,3)23-13(20)17-10-6-9-15(11-17,18(21)22)8-5-7-12(19)16-4/h5-11H2,1-4H3,(H,16,19). The molecule has 23 heavy (non-hydrogen) atoms. The van der Waals surface area contributed by atoms with Crippen LogP contribution in [0.1, 0.15) is 52.9 Å². The Balaban J connectivity index is 2.73. The number of nitrogens with one attached hydrogen (secondary N) is 1. The van der Waals surface area contributed by atoms with Crippen LogP contribution in [0, 0.1) is 10.1 Å². The molecule has 0 spiro atoms. The molecule has 1 heterocycles. The smallest absolute Gasteiger partial charge is 0.410 e. The maximum absolute atomic E-state index is 12.2. The van der Waals surface area contributed by atoms with Gasteiger partial charge < -0.3 is 15.0 Å². The van der Waals surface area contributed by atoms with Crippen molar-refractivity contribution in [2.45, 2.75) is 64.0 Å². The van der Waals surface area contributed by atoms with Gasteiger partial charge in [0, 0.05) is 37.8 Å². The highest BCUT2D eigenvalue weighted by Gasteiger charge is 2.47. The third-order valence-electron chi connectivity index (χ3n) is 3.92. The highest BCUT2D eigenvalue weighted by Crippen LogP contribution is 2.30. The van der Waals surface area contributed by atoms with Crippen LogP contribution in [0.15, 0.2) is 0 Å². The molecule has 1 aliphatic rings. The minimum absolute atomic E-state index is 0.0304. The van der Waals surface area contributed by atoms with Gasteiger partial charge in [-0.3, -0.25) is 14.9 Å². The van der Waals surface area contributed by atoms with Gasteiger partial charge in [-0.15, -0.1) is 0 Å². The third-order valence-corrected chi connectivity index (χ3v) is 3.92. The summed E-state index contributed by atoms with van der Waals surface area (Å²) < 4.78 is 5.31. The molecule has 1 unspecified atom stereocenters. The Hall–Kier alpha value is -1.86. The van der Waals surface area contributed by atoms with Crippen molar-refractivity contribution < 1.29 is 19.2 Å². The summed E-state index contributed by atoms with van der Waals surface area (Å²) in [5, 5.41) is 14.1. The van der Waals surface area contributed by atoms with Crippen molar-refractivity contribution in [2.24, 2.45) is 0 Å². The van der Waals surface area contributed by atoms with Gasteiger partial charge in [-0.2, -0.15) is 0 Å². The molecule has 0 aromatic rings. The first-order chi connectivity index (χ1) is 10.6. The Morgan fingerprint density at radius 2 is 2.04 bits per heavy atom. The lowest BCUT2D eigenvalue weighted by molar-refractivity contribution is -0.575. The molecule has 0 aliphatic carbocycles. The van der Waals surface area contributed by atoms with Crippen molar-refractivity contribution in [1.82, 2.24) is 10.2 Å². The molecule has 1 saturated heterocycles. The first-order valence-corrected chi connectivity index (χ1v) is 7.93. The summed E-state index contributed by atoms with van der Waals surface area (Å²) in [7, 11) is 1.54. The topological polar surface area (TPSA) is 102 Å². The molecule has 0 saturated carbocycles. The Morgan fingerprint density at radius 1 is 1.39 bits per heavy atom. The van der Waals surface area contributed by atoms with E-state index < -0.39 is 17.2 Å². The van der Waals surface area contributed by atoms with Crippen molar-refractivity contribution in [1.29, 1.82) is 0 Å². The molecule has 0 bridgehead atoms. The van der Waals surface area contributed by atoms with Crippen molar-refractivity contribution in [3.05, 3.63) is 10.1 Å². The average Bonchev–Trinajstić information content (AvgIpc) is 2.45. The number of likely N-dealkylation sites (tertiary alicyclic amines) is 1. The van der Waals surface area contributed by atoms with Crippen molar-refractivity contribution in [3.8, 4) is 0 Å². The zero-order chi connectivity index (χ0) is 17.7. The number of hydrogen-bond acceptors (Lipinski definition) is 5. The number of rotatable bonds is 5. The largest absolute Gasteiger partial charge is 0.444 e. The highest BCUT2D eigenvalue weighted by molar-refractivity contribution is 5.75. The van der Waals surface area contributed by atoms with Gasteiger partial charge in [-0.1, -0.05) is 0 Å². The fourth-order valence-electron chi connectivity index (χ4n) is 2.74. The average molecular weight is 329 g/mol. The van der Waals surface area contributed by atoms with E-state index in [0.29, 0.717) is 25.8 Å². The number of carbonyl (C=O) groups is 2. The molecule has 1 atom stereocenters. The van der Waals surface area contributed by atoms with Crippen LogP contribution < -0.4 is 5.32 Å². The van der Waals surface area contributed by atoms with E-state index in [4.69, 9.17) is 4.74 Å². The minimum atomic E-state index is -1.19. The van der Waals surface area contributed by atoms with E-state index in [2.05, 4.69) is 5.32 Å². The van der Waals surface area contributed by atoms with E-state index in [1.807, 2.05) is 0 Å². The van der Waals surface area contributed by atoms with Crippen LogP contribution >= 0.6 is 0 Å². The van der Waals surface area contributed by atoms with E-state index in [0.717, 1.165) is 0 Å². The number of nitrogens with zero attached hydrogens (tertiary/aromatic N) is 2. The predicted octanol–water partition coefficient (Wildman–Crippen LogP) is 1.95. The predicted molar refractivity (Wildman–Crippen MR) is 84.7 cm³/mol. The second-order valence-electron chi connectivity index (χ2n) is 7.01. The zero-order valence-electron chi connectivity index (χ0n) is 14.4. The van der Waals surface area contributed by atoms with Crippen LogP contribution in [-0.2, 0) is 9.53 Å². The fourth-order valence-corrected chi connectivity index (χ4v) is 2.74. The van der Waals surface area contributed by atoms with Gasteiger partial charge in [0.05, 0.1) is 6.54 Å². The zero-order valence-corrected chi connectivity index (χ0v) is 14.4.